The number of likely N-dealkylation sites (tertiary alicyclic amines) is 1. The third-order valence-electron chi connectivity index (χ3n) is 4.24. The summed E-state index contributed by atoms with van der Waals surface area (Å²) in [4.78, 5) is 2.76. The maximum absolute atomic E-state index is 3.33. The molecular formula is C13H26N2. The first-order valence-electron chi connectivity index (χ1n) is 6.51. The third kappa shape index (κ3) is 2.54. The van der Waals surface area contributed by atoms with Gasteiger partial charge in [0, 0.05) is 12.6 Å². The Hall–Kier alpha value is -0.0800. The van der Waals surface area contributed by atoms with Crippen molar-refractivity contribution in [2.75, 3.05) is 26.7 Å². The Morgan fingerprint density at radius 1 is 1.33 bits per heavy atom. The molecule has 1 saturated carbocycles. The van der Waals surface area contributed by atoms with E-state index in [0.717, 1.165) is 12.0 Å². The highest BCUT2D eigenvalue weighted by Gasteiger charge is 2.38. The lowest BCUT2D eigenvalue weighted by Gasteiger charge is -2.49. The molecule has 2 nitrogen and oxygen atoms in total. The van der Waals surface area contributed by atoms with Crippen LogP contribution >= 0.6 is 0 Å². The van der Waals surface area contributed by atoms with Crippen molar-refractivity contribution < 1.29 is 0 Å². The Morgan fingerprint density at radius 2 is 2.13 bits per heavy atom. The maximum Gasteiger partial charge on any atom is 0.0136 e. The first-order valence-corrected chi connectivity index (χ1v) is 6.51. The Kier molecular flexibility index (Phi) is 3.36. The molecule has 0 amide bonds. The minimum absolute atomic E-state index is 0.554. The van der Waals surface area contributed by atoms with Gasteiger partial charge < -0.3 is 5.32 Å². The average molecular weight is 210 g/mol. The zero-order chi connectivity index (χ0) is 10.9. The summed E-state index contributed by atoms with van der Waals surface area (Å²) in [7, 11) is 2.08. The van der Waals surface area contributed by atoms with E-state index in [1.807, 2.05) is 0 Å². The van der Waals surface area contributed by atoms with Crippen LogP contribution in [0.5, 0.6) is 0 Å². The van der Waals surface area contributed by atoms with Gasteiger partial charge in [-0.05, 0) is 57.2 Å². The van der Waals surface area contributed by atoms with Gasteiger partial charge in [0.2, 0.25) is 0 Å². The molecule has 1 N–H and O–H groups in total. The molecule has 15 heavy (non-hydrogen) atoms. The van der Waals surface area contributed by atoms with Crippen LogP contribution in [0.4, 0.5) is 0 Å². The molecule has 0 spiro atoms. The normalized spacial score (nSPS) is 36.2. The SMILES string of the molecule is CNCC1CCC1N1CCCC(C)(C)C1. The van der Waals surface area contributed by atoms with E-state index in [1.165, 1.54) is 45.3 Å². The van der Waals surface area contributed by atoms with Crippen LogP contribution < -0.4 is 5.32 Å². The van der Waals surface area contributed by atoms with Crippen molar-refractivity contribution in [3.05, 3.63) is 0 Å². The summed E-state index contributed by atoms with van der Waals surface area (Å²) in [6.45, 7) is 8.71. The zero-order valence-electron chi connectivity index (χ0n) is 10.6. The van der Waals surface area contributed by atoms with Gasteiger partial charge in [-0.1, -0.05) is 13.8 Å². The summed E-state index contributed by atoms with van der Waals surface area (Å²) in [6.07, 6.45) is 5.67. The second kappa shape index (κ2) is 4.42. The molecule has 2 unspecified atom stereocenters. The predicted molar refractivity (Wildman–Crippen MR) is 65.0 cm³/mol. The highest BCUT2D eigenvalue weighted by Crippen LogP contribution is 2.37. The lowest BCUT2D eigenvalue weighted by molar-refractivity contribution is 0.00663. The highest BCUT2D eigenvalue weighted by atomic mass is 15.2. The number of nitrogens with zero attached hydrogens (tertiary/aromatic N) is 1. The molecule has 1 saturated heterocycles. The van der Waals surface area contributed by atoms with Gasteiger partial charge >= 0.3 is 0 Å². The molecule has 2 rings (SSSR count). The summed E-state index contributed by atoms with van der Waals surface area (Å²) in [6, 6.07) is 0.886. The van der Waals surface area contributed by atoms with Crippen LogP contribution in [0.1, 0.15) is 39.5 Å². The monoisotopic (exact) mass is 210 g/mol. The lowest BCUT2D eigenvalue weighted by Crippen LogP contribution is -2.54. The molecule has 0 aromatic rings. The van der Waals surface area contributed by atoms with Crippen LogP contribution in [0.3, 0.4) is 0 Å². The molecule has 0 aromatic heterocycles. The van der Waals surface area contributed by atoms with Crippen molar-refractivity contribution in [3.8, 4) is 0 Å². The van der Waals surface area contributed by atoms with Gasteiger partial charge in [-0.25, -0.2) is 0 Å². The van der Waals surface area contributed by atoms with Crippen LogP contribution in [0.2, 0.25) is 0 Å². The van der Waals surface area contributed by atoms with Crippen LogP contribution in [0, 0.1) is 11.3 Å². The van der Waals surface area contributed by atoms with Gasteiger partial charge in [0.15, 0.2) is 0 Å². The number of piperidine rings is 1. The van der Waals surface area contributed by atoms with Crippen LogP contribution in [-0.4, -0.2) is 37.6 Å². The second-order valence-corrected chi connectivity index (χ2v) is 6.20. The van der Waals surface area contributed by atoms with E-state index < -0.39 is 0 Å². The predicted octanol–water partition coefficient (Wildman–Crippen LogP) is 2.11. The van der Waals surface area contributed by atoms with Gasteiger partial charge in [-0.3, -0.25) is 4.90 Å². The molecule has 2 atom stereocenters. The van der Waals surface area contributed by atoms with E-state index in [4.69, 9.17) is 0 Å². The van der Waals surface area contributed by atoms with E-state index in [0.29, 0.717) is 5.41 Å². The van der Waals surface area contributed by atoms with Crippen LogP contribution in [-0.2, 0) is 0 Å². The van der Waals surface area contributed by atoms with E-state index in [9.17, 15) is 0 Å². The summed E-state index contributed by atoms with van der Waals surface area (Å²) >= 11 is 0. The van der Waals surface area contributed by atoms with E-state index >= 15 is 0 Å². The van der Waals surface area contributed by atoms with Crippen LogP contribution in [0.25, 0.3) is 0 Å². The molecular weight excluding hydrogens is 184 g/mol. The standard InChI is InChI=1S/C13H26N2/c1-13(2)7-4-8-15(10-13)12-6-5-11(12)9-14-3/h11-12,14H,4-10H2,1-3H3. The number of hydrogen-bond donors (Lipinski definition) is 1. The topological polar surface area (TPSA) is 15.3 Å². The van der Waals surface area contributed by atoms with Crippen LogP contribution in [0.15, 0.2) is 0 Å². The van der Waals surface area contributed by atoms with Gasteiger partial charge in [-0.2, -0.15) is 0 Å². The molecule has 0 radical (unpaired) electrons. The summed E-state index contributed by atoms with van der Waals surface area (Å²) in [5, 5.41) is 3.33. The van der Waals surface area contributed by atoms with Crippen molar-refractivity contribution in [1.29, 1.82) is 0 Å². The minimum atomic E-state index is 0.554. The van der Waals surface area contributed by atoms with E-state index in [1.54, 1.807) is 0 Å². The van der Waals surface area contributed by atoms with Gasteiger partial charge in [0.25, 0.3) is 0 Å². The molecule has 2 aliphatic rings. The number of rotatable bonds is 3. The Morgan fingerprint density at radius 3 is 2.67 bits per heavy atom. The largest absolute Gasteiger partial charge is 0.319 e. The van der Waals surface area contributed by atoms with Crippen molar-refractivity contribution >= 4 is 0 Å². The fraction of sp³-hybridized carbons (Fsp3) is 1.00. The highest BCUT2D eigenvalue weighted by molar-refractivity contribution is 4.93. The first-order chi connectivity index (χ1) is 7.12. The van der Waals surface area contributed by atoms with Crippen molar-refractivity contribution in [2.45, 2.75) is 45.6 Å². The van der Waals surface area contributed by atoms with E-state index in [2.05, 4.69) is 31.1 Å². The maximum atomic E-state index is 3.33. The van der Waals surface area contributed by atoms with Gasteiger partial charge in [0.1, 0.15) is 0 Å². The molecule has 2 heteroatoms. The second-order valence-electron chi connectivity index (χ2n) is 6.20. The Balaban J connectivity index is 1.88. The number of hydrogen-bond acceptors (Lipinski definition) is 2. The van der Waals surface area contributed by atoms with Gasteiger partial charge in [-0.15, -0.1) is 0 Å². The Bertz CT molecular complexity index is 213. The fourth-order valence-corrected chi connectivity index (χ4v) is 3.28. The van der Waals surface area contributed by atoms with E-state index in [-0.39, 0.29) is 0 Å². The lowest BCUT2D eigenvalue weighted by atomic mass is 9.75. The average Bonchev–Trinajstić information content (AvgIpc) is 2.11. The summed E-state index contributed by atoms with van der Waals surface area (Å²) < 4.78 is 0. The minimum Gasteiger partial charge on any atom is -0.319 e. The molecule has 88 valence electrons. The third-order valence-corrected chi connectivity index (χ3v) is 4.24. The fourth-order valence-electron chi connectivity index (χ4n) is 3.28. The zero-order valence-corrected chi connectivity index (χ0v) is 10.6. The first kappa shape index (κ1) is 11.4. The summed E-state index contributed by atoms with van der Waals surface area (Å²) in [5.74, 6) is 0.920. The molecule has 2 fully saturated rings. The van der Waals surface area contributed by atoms with Crippen molar-refractivity contribution in [1.82, 2.24) is 10.2 Å². The Labute approximate surface area is 94.4 Å². The number of nitrogens with one attached hydrogen (secondary N) is 1. The smallest absolute Gasteiger partial charge is 0.0136 e. The molecule has 1 aliphatic heterocycles. The van der Waals surface area contributed by atoms with Crippen molar-refractivity contribution in [3.63, 3.8) is 0 Å². The quantitative estimate of drug-likeness (QED) is 0.767. The summed E-state index contributed by atoms with van der Waals surface area (Å²) in [5.41, 5.74) is 0.554. The molecule has 0 aromatic carbocycles. The van der Waals surface area contributed by atoms with Gasteiger partial charge in [0.05, 0.1) is 0 Å². The molecule has 0 bridgehead atoms. The molecule has 1 aliphatic carbocycles. The van der Waals surface area contributed by atoms with Crippen molar-refractivity contribution in [2.24, 2.45) is 11.3 Å². The molecule has 1 heterocycles.